The topological polar surface area (TPSA) is 78.9 Å². The molecule has 0 heterocycles. The number of methoxy groups -OCH3 is 1. The van der Waals surface area contributed by atoms with Gasteiger partial charge in [0.1, 0.15) is 5.75 Å². The molecule has 0 bridgehead atoms. The van der Waals surface area contributed by atoms with Gasteiger partial charge in [0.05, 0.1) is 7.11 Å². The lowest BCUT2D eigenvalue weighted by atomic mass is 10.2. The summed E-state index contributed by atoms with van der Waals surface area (Å²) in [4.78, 5) is 23.7. The standard InChI is InChI=1S/C14H20N2O4/c1-16(11-6-5-7-12(10-11)20-2)14(19)15-9-4-3-8-13(17)18/h5-7,10H,3-4,8-9H2,1-2H3,(H,15,19)(H,17,18). The number of carboxylic acid groups (broad SMARTS) is 1. The Bertz CT molecular complexity index is 462. The number of ether oxygens (including phenoxy) is 1. The molecule has 0 unspecified atom stereocenters. The summed E-state index contributed by atoms with van der Waals surface area (Å²) in [7, 11) is 3.24. The molecule has 0 aliphatic rings. The van der Waals surface area contributed by atoms with Crippen LogP contribution in [0.5, 0.6) is 5.75 Å². The van der Waals surface area contributed by atoms with E-state index < -0.39 is 5.97 Å². The molecule has 0 fully saturated rings. The minimum Gasteiger partial charge on any atom is -0.497 e. The van der Waals surface area contributed by atoms with E-state index in [9.17, 15) is 9.59 Å². The molecule has 20 heavy (non-hydrogen) atoms. The van der Waals surface area contributed by atoms with Gasteiger partial charge in [-0.2, -0.15) is 0 Å². The number of nitrogens with one attached hydrogen (secondary N) is 1. The molecule has 0 aromatic heterocycles. The van der Waals surface area contributed by atoms with Gasteiger partial charge in [0.25, 0.3) is 0 Å². The molecule has 6 heteroatoms. The molecule has 1 aromatic carbocycles. The molecular weight excluding hydrogens is 260 g/mol. The van der Waals surface area contributed by atoms with Crippen molar-refractivity contribution in [2.45, 2.75) is 19.3 Å². The molecule has 2 N–H and O–H groups in total. The Morgan fingerprint density at radius 1 is 1.35 bits per heavy atom. The maximum Gasteiger partial charge on any atom is 0.321 e. The number of amides is 2. The summed E-state index contributed by atoms with van der Waals surface area (Å²) >= 11 is 0. The highest BCUT2D eigenvalue weighted by molar-refractivity contribution is 5.91. The van der Waals surface area contributed by atoms with Crippen LogP contribution in [0.4, 0.5) is 10.5 Å². The van der Waals surface area contributed by atoms with Gasteiger partial charge in [0, 0.05) is 31.8 Å². The zero-order valence-corrected chi connectivity index (χ0v) is 11.8. The number of carbonyl (C=O) groups is 2. The van der Waals surface area contributed by atoms with Crippen LogP contribution in [0.3, 0.4) is 0 Å². The van der Waals surface area contributed by atoms with Crippen molar-refractivity contribution < 1.29 is 19.4 Å². The molecule has 0 saturated carbocycles. The lowest BCUT2D eigenvalue weighted by Crippen LogP contribution is -2.37. The van der Waals surface area contributed by atoms with E-state index in [-0.39, 0.29) is 12.5 Å². The number of unbranched alkanes of at least 4 members (excludes halogenated alkanes) is 1. The first-order valence-corrected chi connectivity index (χ1v) is 6.42. The zero-order chi connectivity index (χ0) is 15.0. The van der Waals surface area contributed by atoms with Crippen LogP contribution in [0.25, 0.3) is 0 Å². The highest BCUT2D eigenvalue weighted by Gasteiger charge is 2.10. The Hall–Kier alpha value is -2.24. The fourth-order valence-electron chi connectivity index (χ4n) is 1.65. The quantitative estimate of drug-likeness (QED) is 0.750. The molecule has 1 rings (SSSR count). The number of hydrogen-bond acceptors (Lipinski definition) is 3. The molecule has 110 valence electrons. The van der Waals surface area contributed by atoms with Gasteiger partial charge < -0.3 is 15.2 Å². The van der Waals surface area contributed by atoms with E-state index in [1.807, 2.05) is 12.1 Å². The number of aliphatic carboxylic acids is 1. The normalized spacial score (nSPS) is 9.90. The number of benzene rings is 1. The van der Waals surface area contributed by atoms with Gasteiger partial charge >= 0.3 is 12.0 Å². The fourth-order valence-corrected chi connectivity index (χ4v) is 1.65. The largest absolute Gasteiger partial charge is 0.497 e. The molecule has 2 amide bonds. The zero-order valence-electron chi connectivity index (χ0n) is 11.8. The van der Waals surface area contributed by atoms with Crippen LogP contribution in [-0.2, 0) is 4.79 Å². The lowest BCUT2D eigenvalue weighted by Gasteiger charge is -2.18. The number of carboxylic acids is 1. The summed E-state index contributed by atoms with van der Waals surface area (Å²) in [6.07, 6.45) is 1.32. The summed E-state index contributed by atoms with van der Waals surface area (Å²) in [5, 5.41) is 11.2. The second-order valence-electron chi connectivity index (χ2n) is 4.34. The predicted octanol–water partition coefficient (Wildman–Crippen LogP) is 2.10. The van der Waals surface area contributed by atoms with Crippen LogP contribution in [0, 0.1) is 0 Å². The van der Waals surface area contributed by atoms with E-state index >= 15 is 0 Å². The number of anilines is 1. The smallest absolute Gasteiger partial charge is 0.321 e. The van der Waals surface area contributed by atoms with Crippen molar-refractivity contribution in [3.8, 4) is 5.75 Å². The summed E-state index contributed by atoms with van der Waals surface area (Å²) in [6.45, 7) is 0.459. The molecular formula is C14H20N2O4. The van der Waals surface area contributed by atoms with Gasteiger partial charge in [-0.25, -0.2) is 4.79 Å². The third-order valence-corrected chi connectivity index (χ3v) is 2.84. The van der Waals surface area contributed by atoms with Gasteiger partial charge in [-0.05, 0) is 25.0 Å². The van der Waals surface area contributed by atoms with Crippen molar-refractivity contribution >= 4 is 17.7 Å². The summed E-state index contributed by atoms with van der Waals surface area (Å²) in [5.74, 6) is -0.131. The van der Waals surface area contributed by atoms with Gasteiger partial charge in [0.15, 0.2) is 0 Å². The number of hydrogen-bond donors (Lipinski definition) is 2. The SMILES string of the molecule is COc1cccc(N(C)C(=O)NCCCCC(=O)O)c1. The molecule has 0 spiro atoms. The van der Waals surface area contributed by atoms with E-state index in [2.05, 4.69) is 5.32 Å². The first-order valence-electron chi connectivity index (χ1n) is 6.42. The Labute approximate surface area is 118 Å². The van der Waals surface area contributed by atoms with Crippen LogP contribution in [-0.4, -0.2) is 37.8 Å². The third kappa shape index (κ3) is 5.17. The number of urea groups is 1. The lowest BCUT2D eigenvalue weighted by molar-refractivity contribution is -0.137. The van der Waals surface area contributed by atoms with E-state index in [1.54, 1.807) is 26.3 Å². The van der Waals surface area contributed by atoms with Crippen LogP contribution in [0.15, 0.2) is 24.3 Å². The monoisotopic (exact) mass is 280 g/mol. The molecule has 6 nitrogen and oxygen atoms in total. The minimum absolute atomic E-state index is 0.127. The maximum absolute atomic E-state index is 11.9. The minimum atomic E-state index is -0.815. The first-order chi connectivity index (χ1) is 9.54. The van der Waals surface area contributed by atoms with Crippen LogP contribution >= 0.6 is 0 Å². The Morgan fingerprint density at radius 3 is 2.75 bits per heavy atom. The molecule has 1 aromatic rings. The second-order valence-corrected chi connectivity index (χ2v) is 4.34. The second kappa shape index (κ2) is 8.04. The highest BCUT2D eigenvalue weighted by Crippen LogP contribution is 2.19. The number of carbonyl (C=O) groups excluding carboxylic acids is 1. The average Bonchev–Trinajstić information content (AvgIpc) is 2.45. The maximum atomic E-state index is 11.9. The summed E-state index contributed by atoms with van der Waals surface area (Å²) in [5.41, 5.74) is 0.729. The van der Waals surface area contributed by atoms with Crippen LogP contribution in [0.1, 0.15) is 19.3 Å². The van der Waals surface area contributed by atoms with E-state index in [1.165, 1.54) is 4.90 Å². The first kappa shape index (κ1) is 15.8. The Kier molecular flexibility index (Phi) is 6.36. The molecule has 0 aliphatic carbocycles. The Balaban J connectivity index is 2.40. The van der Waals surface area contributed by atoms with Crippen molar-refractivity contribution in [1.82, 2.24) is 5.32 Å². The van der Waals surface area contributed by atoms with Gasteiger partial charge in [-0.15, -0.1) is 0 Å². The van der Waals surface area contributed by atoms with Crippen molar-refractivity contribution in [2.75, 3.05) is 25.6 Å². The Morgan fingerprint density at radius 2 is 2.10 bits per heavy atom. The summed E-state index contributed by atoms with van der Waals surface area (Å²) in [6, 6.07) is 6.97. The number of nitrogens with zero attached hydrogens (tertiary/aromatic N) is 1. The van der Waals surface area contributed by atoms with Gasteiger partial charge in [-0.1, -0.05) is 6.07 Å². The van der Waals surface area contributed by atoms with Crippen molar-refractivity contribution in [1.29, 1.82) is 0 Å². The molecule has 0 saturated heterocycles. The van der Waals surface area contributed by atoms with E-state index in [0.717, 1.165) is 5.69 Å². The fraction of sp³-hybridized carbons (Fsp3) is 0.429. The summed E-state index contributed by atoms with van der Waals surface area (Å²) < 4.78 is 5.11. The van der Waals surface area contributed by atoms with E-state index in [4.69, 9.17) is 9.84 Å². The third-order valence-electron chi connectivity index (χ3n) is 2.84. The van der Waals surface area contributed by atoms with Crippen LogP contribution in [0.2, 0.25) is 0 Å². The van der Waals surface area contributed by atoms with Gasteiger partial charge in [0.2, 0.25) is 0 Å². The number of rotatable bonds is 7. The van der Waals surface area contributed by atoms with Crippen molar-refractivity contribution in [3.63, 3.8) is 0 Å². The average molecular weight is 280 g/mol. The van der Waals surface area contributed by atoms with Crippen molar-refractivity contribution in [3.05, 3.63) is 24.3 Å². The van der Waals surface area contributed by atoms with Crippen molar-refractivity contribution in [2.24, 2.45) is 0 Å². The molecule has 0 atom stereocenters. The van der Waals surface area contributed by atoms with Crippen LogP contribution < -0.4 is 15.0 Å². The van der Waals surface area contributed by atoms with E-state index in [0.29, 0.717) is 25.1 Å². The van der Waals surface area contributed by atoms with Gasteiger partial charge in [-0.3, -0.25) is 9.69 Å². The molecule has 0 radical (unpaired) electrons. The predicted molar refractivity (Wildman–Crippen MR) is 76.3 cm³/mol. The molecule has 0 aliphatic heterocycles. The highest BCUT2D eigenvalue weighted by atomic mass is 16.5.